The second-order valence-corrected chi connectivity index (χ2v) is 7.69. The Labute approximate surface area is 172 Å². The number of nitrogens with zero attached hydrogens (tertiary/aromatic N) is 4. The van der Waals surface area contributed by atoms with Crippen molar-refractivity contribution in [2.75, 3.05) is 5.32 Å². The number of benzene rings is 1. The van der Waals surface area contributed by atoms with Gasteiger partial charge in [-0.3, -0.25) is 4.79 Å². The summed E-state index contributed by atoms with van der Waals surface area (Å²) < 4.78 is 15.6. The molecule has 4 aromatic rings. The van der Waals surface area contributed by atoms with E-state index >= 15 is 0 Å². The summed E-state index contributed by atoms with van der Waals surface area (Å²) >= 11 is 0. The van der Waals surface area contributed by atoms with Crippen LogP contribution < -0.4 is 5.32 Å². The number of halogens is 1. The lowest BCUT2D eigenvalue weighted by molar-refractivity contribution is -0.116. The Morgan fingerprint density at radius 2 is 2.03 bits per heavy atom. The molecule has 1 aromatic carbocycles. The minimum absolute atomic E-state index is 0.0206. The smallest absolute Gasteiger partial charge is 0.225 e. The highest BCUT2D eigenvalue weighted by molar-refractivity contribution is 5.91. The van der Waals surface area contributed by atoms with Crippen LogP contribution in [0.3, 0.4) is 0 Å². The van der Waals surface area contributed by atoms with Gasteiger partial charge in [-0.25, -0.2) is 18.9 Å². The van der Waals surface area contributed by atoms with E-state index in [4.69, 9.17) is 4.98 Å². The first-order valence-corrected chi connectivity index (χ1v) is 9.95. The molecule has 0 bridgehead atoms. The predicted octanol–water partition coefficient (Wildman–Crippen LogP) is 4.64. The van der Waals surface area contributed by atoms with Gasteiger partial charge in [-0.05, 0) is 73.7 Å². The van der Waals surface area contributed by atoms with Crippen LogP contribution in [0.2, 0.25) is 0 Å². The summed E-state index contributed by atoms with van der Waals surface area (Å²) in [5.74, 6) is 0.717. The van der Waals surface area contributed by atoms with Crippen LogP contribution in [0, 0.1) is 18.7 Å². The number of aryl methyl sites for hydroxylation is 1. The molecule has 6 nitrogen and oxygen atoms in total. The van der Waals surface area contributed by atoms with Crippen LogP contribution in [0.5, 0.6) is 0 Å². The van der Waals surface area contributed by atoms with Gasteiger partial charge in [0.25, 0.3) is 0 Å². The Bertz CT molecular complexity index is 1260. The Kier molecular flexibility index (Phi) is 4.50. The van der Waals surface area contributed by atoms with E-state index in [1.807, 2.05) is 24.3 Å². The molecule has 1 saturated carbocycles. The molecule has 30 heavy (non-hydrogen) atoms. The van der Waals surface area contributed by atoms with Crippen molar-refractivity contribution >= 4 is 17.4 Å². The van der Waals surface area contributed by atoms with Crippen LogP contribution in [0.4, 0.5) is 10.2 Å². The fraction of sp³-hybridized carbons (Fsp3) is 0.217. The second kappa shape index (κ2) is 7.33. The summed E-state index contributed by atoms with van der Waals surface area (Å²) in [7, 11) is 0. The quantitative estimate of drug-likeness (QED) is 0.529. The molecular weight excluding hydrogens is 381 g/mol. The van der Waals surface area contributed by atoms with Crippen molar-refractivity contribution in [3.8, 4) is 22.5 Å². The lowest BCUT2D eigenvalue weighted by Crippen LogP contribution is -2.13. The number of imidazole rings is 1. The van der Waals surface area contributed by atoms with E-state index in [-0.39, 0.29) is 11.7 Å². The molecule has 0 saturated heterocycles. The van der Waals surface area contributed by atoms with Crippen LogP contribution in [-0.4, -0.2) is 25.5 Å². The third-order valence-electron chi connectivity index (χ3n) is 5.30. The number of hydrogen-bond donors (Lipinski definition) is 1. The maximum atomic E-state index is 13.8. The van der Waals surface area contributed by atoms with Crippen LogP contribution >= 0.6 is 0 Å². The molecule has 0 unspecified atom stereocenters. The van der Waals surface area contributed by atoms with E-state index in [1.165, 1.54) is 6.07 Å². The lowest BCUT2D eigenvalue weighted by Gasteiger charge is -2.09. The molecule has 0 radical (unpaired) electrons. The topological polar surface area (TPSA) is 72.2 Å². The van der Waals surface area contributed by atoms with E-state index in [0.29, 0.717) is 35.1 Å². The predicted molar refractivity (Wildman–Crippen MR) is 112 cm³/mol. The average molecular weight is 401 g/mol. The molecule has 1 N–H and O–H groups in total. The highest BCUT2D eigenvalue weighted by atomic mass is 19.1. The largest absolute Gasteiger partial charge is 0.311 e. The van der Waals surface area contributed by atoms with Gasteiger partial charge in [0.15, 0.2) is 5.65 Å². The molecule has 0 atom stereocenters. The van der Waals surface area contributed by atoms with E-state index in [1.54, 1.807) is 36.0 Å². The maximum Gasteiger partial charge on any atom is 0.225 e. The van der Waals surface area contributed by atoms with Crippen molar-refractivity contribution in [1.82, 2.24) is 19.6 Å². The van der Waals surface area contributed by atoms with Crippen molar-refractivity contribution in [1.29, 1.82) is 0 Å². The Hall–Kier alpha value is -3.61. The summed E-state index contributed by atoms with van der Waals surface area (Å²) in [6.45, 7) is 1.73. The second-order valence-electron chi connectivity index (χ2n) is 7.69. The summed E-state index contributed by atoms with van der Waals surface area (Å²) in [4.78, 5) is 21.2. The zero-order chi connectivity index (χ0) is 20.7. The molecule has 7 heteroatoms. The minimum Gasteiger partial charge on any atom is -0.311 e. The standard InChI is InChI=1S/C23H20FN5O/c1-14-11-16(6-7-18(14)24)22-23(29-20(28-22)3-2-9-26-29)17-8-10-25-19(13-17)27-21(30)12-15-4-5-15/h2-3,6-11,13,15H,4-5,12H2,1H3,(H,25,27,30). The van der Waals surface area contributed by atoms with Crippen molar-refractivity contribution < 1.29 is 9.18 Å². The Morgan fingerprint density at radius 3 is 2.83 bits per heavy atom. The lowest BCUT2D eigenvalue weighted by atomic mass is 10.0. The fourth-order valence-electron chi connectivity index (χ4n) is 3.57. The van der Waals surface area contributed by atoms with Gasteiger partial charge in [0.2, 0.25) is 5.91 Å². The zero-order valence-corrected chi connectivity index (χ0v) is 16.5. The molecule has 0 spiro atoms. The van der Waals surface area contributed by atoms with E-state index < -0.39 is 0 Å². The fourth-order valence-corrected chi connectivity index (χ4v) is 3.57. The SMILES string of the molecule is Cc1cc(-c2nc3cccnn3c2-c2ccnc(NC(=O)CC3CC3)c2)ccc1F. The Morgan fingerprint density at radius 1 is 1.17 bits per heavy atom. The number of anilines is 1. The van der Waals surface area contributed by atoms with Gasteiger partial charge in [-0.15, -0.1) is 0 Å². The monoisotopic (exact) mass is 401 g/mol. The number of nitrogens with one attached hydrogen (secondary N) is 1. The maximum absolute atomic E-state index is 13.8. The van der Waals surface area contributed by atoms with Gasteiger partial charge in [-0.2, -0.15) is 5.10 Å². The van der Waals surface area contributed by atoms with Crippen LogP contribution in [0.25, 0.3) is 28.2 Å². The Balaban J connectivity index is 1.60. The molecular formula is C23H20FN5O. The number of amides is 1. The van der Waals surface area contributed by atoms with Crippen LogP contribution in [-0.2, 0) is 4.79 Å². The van der Waals surface area contributed by atoms with Gasteiger partial charge in [0.05, 0.1) is 5.69 Å². The number of carbonyl (C=O) groups is 1. The zero-order valence-electron chi connectivity index (χ0n) is 16.5. The van der Waals surface area contributed by atoms with Crippen LogP contribution in [0.1, 0.15) is 24.8 Å². The van der Waals surface area contributed by atoms with Gasteiger partial charge >= 0.3 is 0 Å². The van der Waals surface area contributed by atoms with E-state index in [9.17, 15) is 9.18 Å². The van der Waals surface area contributed by atoms with Crippen molar-refractivity contribution in [3.63, 3.8) is 0 Å². The number of aromatic nitrogens is 4. The molecule has 1 amide bonds. The number of carbonyl (C=O) groups excluding carboxylic acids is 1. The summed E-state index contributed by atoms with van der Waals surface area (Å²) in [6.07, 6.45) is 6.12. The third-order valence-corrected chi connectivity index (χ3v) is 5.30. The number of pyridine rings is 1. The molecule has 1 fully saturated rings. The summed E-state index contributed by atoms with van der Waals surface area (Å²) in [5, 5.41) is 7.34. The normalized spacial score (nSPS) is 13.5. The highest BCUT2D eigenvalue weighted by Gasteiger charge is 2.24. The molecule has 3 aromatic heterocycles. The average Bonchev–Trinajstić information content (AvgIpc) is 3.46. The summed E-state index contributed by atoms with van der Waals surface area (Å²) in [5.41, 5.74) is 4.29. The highest BCUT2D eigenvalue weighted by Crippen LogP contribution is 2.34. The van der Waals surface area contributed by atoms with Crippen molar-refractivity contribution in [2.45, 2.75) is 26.2 Å². The first-order valence-electron chi connectivity index (χ1n) is 9.95. The van der Waals surface area contributed by atoms with Gasteiger partial charge in [-0.1, -0.05) is 0 Å². The number of hydrogen-bond acceptors (Lipinski definition) is 4. The van der Waals surface area contributed by atoms with Gasteiger partial charge in [0.1, 0.15) is 17.3 Å². The molecule has 3 heterocycles. The third kappa shape index (κ3) is 3.54. The van der Waals surface area contributed by atoms with Crippen molar-refractivity contribution in [2.24, 2.45) is 5.92 Å². The van der Waals surface area contributed by atoms with Gasteiger partial charge < -0.3 is 5.32 Å². The van der Waals surface area contributed by atoms with E-state index in [2.05, 4.69) is 15.4 Å². The summed E-state index contributed by atoms with van der Waals surface area (Å²) in [6, 6.07) is 12.3. The first kappa shape index (κ1) is 18.4. The molecule has 5 rings (SSSR count). The van der Waals surface area contributed by atoms with Crippen molar-refractivity contribution in [3.05, 3.63) is 66.2 Å². The number of fused-ring (bicyclic) bond motifs is 1. The minimum atomic E-state index is -0.258. The van der Waals surface area contributed by atoms with Gasteiger partial charge in [0, 0.05) is 29.9 Å². The molecule has 150 valence electrons. The molecule has 0 aliphatic heterocycles. The first-order chi connectivity index (χ1) is 14.6. The van der Waals surface area contributed by atoms with Crippen LogP contribution in [0.15, 0.2) is 54.9 Å². The molecule has 1 aliphatic rings. The number of rotatable bonds is 5. The van der Waals surface area contributed by atoms with E-state index in [0.717, 1.165) is 29.7 Å². The molecule has 1 aliphatic carbocycles.